The van der Waals surface area contributed by atoms with E-state index < -0.39 is 13.9 Å². The molecule has 0 fully saturated rings. The second-order valence-electron chi connectivity index (χ2n) is 20.9. The van der Waals surface area contributed by atoms with Gasteiger partial charge in [0.05, 0.1) is 19.8 Å². The summed E-state index contributed by atoms with van der Waals surface area (Å²) in [7, 11) is -4.28. The molecule has 0 aliphatic heterocycles. The molecule has 0 spiro atoms. The normalized spacial score (nSPS) is 13.1. The lowest BCUT2D eigenvalue weighted by atomic mass is 10.0. The summed E-state index contributed by atoms with van der Waals surface area (Å²) in [5.41, 5.74) is 5.40. The van der Waals surface area contributed by atoms with Gasteiger partial charge in [-0.25, -0.2) is 4.57 Å². The molecule has 0 saturated heterocycles. The molecule has 0 radical (unpaired) electrons. The fourth-order valence-corrected chi connectivity index (χ4v) is 10.3. The van der Waals surface area contributed by atoms with Gasteiger partial charge in [-0.15, -0.1) is 0 Å². The van der Waals surface area contributed by atoms with Crippen LogP contribution in [-0.2, 0) is 27.9 Å². The van der Waals surface area contributed by atoms with Gasteiger partial charge in [0.25, 0.3) is 0 Å². The Morgan fingerprint density at radius 1 is 0.382 bits per heavy atom. The van der Waals surface area contributed by atoms with Crippen LogP contribution in [0.1, 0.15) is 335 Å². The highest BCUT2D eigenvalue weighted by molar-refractivity contribution is 7.47. The van der Waals surface area contributed by atoms with E-state index in [1.54, 1.807) is 0 Å². The number of nitrogens with two attached hydrogens (primary N) is 1. The van der Waals surface area contributed by atoms with Gasteiger partial charge in [0.15, 0.2) is 0 Å². The van der Waals surface area contributed by atoms with E-state index in [1.807, 2.05) is 0 Å². The number of phosphoric acid groups is 1. The standard InChI is InChI=1S/C59H120NO7P/c1-3-5-7-9-11-13-15-17-19-20-21-22-23-24-25-26-27-28-29-30-31-32-33-34-35-36-37-38-39-40-42-44-46-48-50-52-59(61)67-58(57-66-68(62,63)65-55-53-60)56-64-54-51-49-47-45-43-41-18-16-14-12-10-8-6-4-2/h58H,3-57,60H2,1-2H3,(H,62,63)/t58-/m1/s1. The number of carbonyl (C=O) groups excluding carboxylic acids is 1. The molecule has 8 nitrogen and oxygen atoms in total. The molecule has 0 rings (SSSR count). The summed E-state index contributed by atoms with van der Waals surface area (Å²) in [5.74, 6) is -0.319. The Morgan fingerprint density at radius 2 is 0.647 bits per heavy atom. The molecule has 0 bridgehead atoms. The zero-order chi connectivity index (χ0) is 49.4. The molecule has 9 heteroatoms. The SMILES string of the molecule is CCCCCCCCCCCCCCCCCCCCCCCCCCCCCCCCCCCCCC(=O)O[C@H](COCCCCCCCCCCCCCCCC)COP(=O)(O)OCCN. The number of carbonyl (C=O) groups is 1. The fourth-order valence-electron chi connectivity index (χ4n) is 9.53. The average molecular weight is 987 g/mol. The summed E-state index contributed by atoms with van der Waals surface area (Å²) in [6.45, 7) is 5.02. The van der Waals surface area contributed by atoms with Gasteiger partial charge in [-0.05, 0) is 12.8 Å². The van der Waals surface area contributed by atoms with E-state index in [9.17, 15) is 14.3 Å². The van der Waals surface area contributed by atoms with Crippen LogP contribution in [0.25, 0.3) is 0 Å². The molecule has 1 unspecified atom stereocenters. The molecule has 68 heavy (non-hydrogen) atoms. The van der Waals surface area contributed by atoms with Gasteiger partial charge in [0.2, 0.25) is 0 Å². The molecule has 3 N–H and O–H groups in total. The van der Waals surface area contributed by atoms with Crippen LogP contribution >= 0.6 is 7.82 Å². The number of ether oxygens (including phenoxy) is 2. The Bertz CT molecular complexity index is 1020. The number of hydrogen-bond acceptors (Lipinski definition) is 7. The lowest BCUT2D eigenvalue weighted by molar-refractivity contribution is -0.154. The minimum absolute atomic E-state index is 0.0897. The lowest BCUT2D eigenvalue weighted by Crippen LogP contribution is -2.28. The first-order valence-corrected chi connectivity index (χ1v) is 32.0. The summed E-state index contributed by atoms with van der Waals surface area (Å²) in [5, 5.41) is 0. The van der Waals surface area contributed by atoms with E-state index in [2.05, 4.69) is 13.8 Å². The molecule has 0 saturated carbocycles. The van der Waals surface area contributed by atoms with Gasteiger partial charge in [-0.3, -0.25) is 13.8 Å². The van der Waals surface area contributed by atoms with Gasteiger partial charge >= 0.3 is 13.8 Å². The van der Waals surface area contributed by atoms with Crippen LogP contribution in [0.3, 0.4) is 0 Å². The summed E-state index contributed by atoms with van der Waals surface area (Å²) in [6.07, 6.45) is 66.2. The van der Waals surface area contributed by atoms with Gasteiger partial charge in [-0.1, -0.05) is 316 Å². The predicted molar refractivity (Wildman–Crippen MR) is 294 cm³/mol. The van der Waals surface area contributed by atoms with Crippen molar-refractivity contribution in [1.29, 1.82) is 0 Å². The first kappa shape index (κ1) is 67.5. The second kappa shape index (κ2) is 57.4. The number of rotatable bonds is 60. The average Bonchev–Trinajstić information content (AvgIpc) is 3.33. The Morgan fingerprint density at radius 3 is 0.926 bits per heavy atom. The van der Waals surface area contributed by atoms with Crippen molar-refractivity contribution in [2.45, 2.75) is 341 Å². The van der Waals surface area contributed by atoms with Crippen LogP contribution in [-0.4, -0.2) is 49.9 Å². The van der Waals surface area contributed by atoms with Crippen molar-refractivity contribution < 1.29 is 32.8 Å². The molecule has 2 atom stereocenters. The maximum absolute atomic E-state index is 12.7. The molecule has 0 aliphatic rings. The van der Waals surface area contributed by atoms with Crippen LogP contribution < -0.4 is 5.73 Å². The minimum Gasteiger partial charge on any atom is -0.457 e. The second-order valence-corrected chi connectivity index (χ2v) is 22.4. The molecular formula is C59H120NO7P. The lowest BCUT2D eigenvalue weighted by Gasteiger charge is -2.20. The van der Waals surface area contributed by atoms with Crippen LogP contribution in [0.5, 0.6) is 0 Å². The summed E-state index contributed by atoms with van der Waals surface area (Å²) < 4.78 is 33.6. The van der Waals surface area contributed by atoms with Crippen molar-refractivity contribution in [3.63, 3.8) is 0 Å². The third-order valence-corrected chi connectivity index (χ3v) is 15.0. The Labute approximate surface area is 424 Å². The fraction of sp³-hybridized carbons (Fsp3) is 0.983. The predicted octanol–water partition coefficient (Wildman–Crippen LogP) is 19.6. The first-order valence-electron chi connectivity index (χ1n) is 30.5. The van der Waals surface area contributed by atoms with Crippen molar-refractivity contribution in [3.8, 4) is 0 Å². The van der Waals surface area contributed by atoms with Crippen LogP contribution in [0, 0.1) is 0 Å². The minimum atomic E-state index is -4.28. The van der Waals surface area contributed by atoms with Gasteiger partial charge in [0.1, 0.15) is 6.10 Å². The maximum atomic E-state index is 12.7. The Kier molecular flexibility index (Phi) is 57.0. The molecule has 408 valence electrons. The Balaban J connectivity index is 3.66. The van der Waals surface area contributed by atoms with Crippen molar-refractivity contribution >= 4 is 13.8 Å². The monoisotopic (exact) mass is 986 g/mol. The number of hydrogen-bond donors (Lipinski definition) is 2. The molecule has 0 amide bonds. The Hall–Kier alpha value is -0.500. The number of esters is 1. The quantitative estimate of drug-likeness (QED) is 0.0352. The summed E-state index contributed by atoms with van der Waals surface area (Å²) >= 11 is 0. The van der Waals surface area contributed by atoms with E-state index in [1.165, 1.54) is 283 Å². The highest BCUT2D eigenvalue weighted by atomic mass is 31.2. The number of phosphoric ester groups is 1. The third-order valence-electron chi connectivity index (χ3n) is 14.0. The van der Waals surface area contributed by atoms with Crippen LogP contribution in [0.4, 0.5) is 0 Å². The highest BCUT2D eigenvalue weighted by Crippen LogP contribution is 2.43. The summed E-state index contributed by atoms with van der Waals surface area (Å²) in [6, 6.07) is 0. The topological polar surface area (TPSA) is 117 Å². The van der Waals surface area contributed by atoms with E-state index >= 15 is 0 Å². The van der Waals surface area contributed by atoms with E-state index in [-0.39, 0.29) is 32.3 Å². The smallest absolute Gasteiger partial charge is 0.457 e. The van der Waals surface area contributed by atoms with E-state index in [0.717, 1.165) is 32.1 Å². The molecule has 0 aromatic rings. The zero-order valence-electron chi connectivity index (χ0n) is 45.9. The molecule has 0 aromatic heterocycles. The molecule has 0 aliphatic carbocycles. The van der Waals surface area contributed by atoms with Gasteiger partial charge in [0, 0.05) is 19.6 Å². The molecular weight excluding hydrogens is 866 g/mol. The maximum Gasteiger partial charge on any atom is 0.472 e. The zero-order valence-corrected chi connectivity index (χ0v) is 46.8. The molecule has 0 heterocycles. The van der Waals surface area contributed by atoms with E-state index in [0.29, 0.717) is 13.0 Å². The van der Waals surface area contributed by atoms with Gasteiger partial charge < -0.3 is 20.1 Å². The largest absolute Gasteiger partial charge is 0.472 e. The highest BCUT2D eigenvalue weighted by Gasteiger charge is 2.25. The van der Waals surface area contributed by atoms with Crippen LogP contribution in [0.2, 0.25) is 0 Å². The van der Waals surface area contributed by atoms with Crippen molar-refractivity contribution in [3.05, 3.63) is 0 Å². The van der Waals surface area contributed by atoms with Crippen molar-refractivity contribution in [1.82, 2.24) is 0 Å². The summed E-state index contributed by atoms with van der Waals surface area (Å²) in [4.78, 5) is 22.6. The third kappa shape index (κ3) is 56.4. The van der Waals surface area contributed by atoms with Crippen LogP contribution in [0.15, 0.2) is 0 Å². The first-order chi connectivity index (χ1) is 33.4. The van der Waals surface area contributed by atoms with E-state index in [4.69, 9.17) is 24.3 Å². The van der Waals surface area contributed by atoms with Crippen molar-refractivity contribution in [2.24, 2.45) is 5.73 Å². The molecule has 0 aromatic carbocycles. The number of unbranched alkanes of at least 4 members (excludes halogenated alkanes) is 47. The van der Waals surface area contributed by atoms with Crippen molar-refractivity contribution in [2.75, 3.05) is 33.0 Å². The van der Waals surface area contributed by atoms with Gasteiger partial charge in [-0.2, -0.15) is 0 Å².